The second kappa shape index (κ2) is 8.06. The van der Waals surface area contributed by atoms with Gasteiger partial charge in [-0.2, -0.15) is 0 Å². The standard InChI is InChI=1S/C19H16N2O5/c22-19(11-8-14-6-9-16(10-7-14)21(23)24)25-13-17-12-18(20-26-17)15-4-2-1-3-5-15/h1-11,17H,12-13H2. The van der Waals surface area contributed by atoms with Gasteiger partial charge in [0, 0.05) is 24.6 Å². The summed E-state index contributed by atoms with van der Waals surface area (Å²) in [4.78, 5) is 27.2. The monoisotopic (exact) mass is 352 g/mol. The Morgan fingerprint density at radius 1 is 1.23 bits per heavy atom. The van der Waals surface area contributed by atoms with Crippen LogP contribution >= 0.6 is 0 Å². The second-order valence-corrected chi connectivity index (χ2v) is 5.65. The lowest BCUT2D eigenvalue weighted by Gasteiger charge is -2.07. The van der Waals surface area contributed by atoms with Gasteiger partial charge in [0.05, 0.1) is 10.6 Å². The highest BCUT2D eigenvalue weighted by Crippen LogP contribution is 2.17. The maximum absolute atomic E-state index is 11.8. The lowest BCUT2D eigenvalue weighted by Crippen LogP contribution is -2.18. The summed E-state index contributed by atoms with van der Waals surface area (Å²) >= 11 is 0. The van der Waals surface area contributed by atoms with Crippen LogP contribution in [0.1, 0.15) is 17.5 Å². The number of nitro benzene ring substituents is 1. The Morgan fingerprint density at radius 2 is 1.96 bits per heavy atom. The van der Waals surface area contributed by atoms with Crippen LogP contribution in [0.2, 0.25) is 0 Å². The van der Waals surface area contributed by atoms with Crippen molar-refractivity contribution in [1.29, 1.82) is 0 Å². The zero-order valence-electron chi connectivity index (χ0n) is 13.8. The van der Waals surface area contributed by atoms with Crippen LogP contribution in [0.25, 0.3) is 6.08 Å². The number of non-ortho nitro benzene ring substituents is 1. The number of carbonyl (C=O) groups excluding carboxylic acids is 1. The number of benzene rings is 2. The predicted molar refractivity (Wildman–Crippen MR) is 95.6 cm³/mol. The van der Waals surface area contributed by atoms with E-state index in [1.54, 1.807) is 12.1 Å². The van der Waals surface area contributed by atoms with Gasteiger partial charge in [-0.15, -0.1) is 0 Å². The van der Waals surface area contributed by atoms with E-state index in [9.17, 15) is 14.9 Å². The summed E-state index contributed by atoms with van der Waals surface area (Å²) in [6.07, 6.45) is 3.08. The number of esters is 1. The van der Waals surface area contributed by atoms with Crippen molar-refractivity contribution in [2.45, 2.75) is 12.5 Å². The molecule has 1 atom stereocenters. The average Bonchev–Trinajstić information content (AvgIpc) is 3.15. The van der Waals surface area contributed by atoms with Gasteiger partial charge in [-0.3, -0.25) is 10.1 Å². The molecule has 0 saturated carbocycles. The number of nitrogens with zero attached hydrogens (tertiary/aromatic N) is 2. The molecule has 0 radical (unpaired) electrons. The molecule has 1 aliphatic rings. The van der Waals surface area contributed by atoms with Crippen LogP contribution in [0, 0.1) is 10.1 Å². The molecule has 2 aromatic carbocycles. The van der Waals surface area contributed by atoms with Crippen LogP contribution in [-0.4, -0.2) is 29.3 Å². The summed E-state index contributed by atoms with van der Waals surface area (Å²) in [5.74, 6) is -0.514. The Bertz CT molecular complexity index is 844. The van der Waals surface area contributed by atoms with Gasteiger partial charge in [-0.05, 0) is 29.3 Å². The molecular weight excluding hydrogens is 336 g/mol. The molecule has 1 unspecified atom stereocenters. The van der Waals surface area contributed by atoms with E-state index in [1.807, 2.05) is 30.3 Å². The summed E-state index contributed by atoms with van der Waals surface area (Å²) in [7, 11) is 0. The Morgan fingerprint density at radius 3 is 2.65 bits per heavy atom. The van der Waals surface area contributed by atoms with Gasteiger partial charge in [-0.1, -0.05) is 35.5 Å². The van der Waals surface area contributed by atoms with Crippen molar-refractivity contribution in [2.24, 2.45) is 5.16 Å². The Balaban J connectivity index is 1.45. The third-order valence-corrected chi connectivity index (χ3v) is 3.77. The predicted octanol–water partition coefficient (Wildman–Crippen LogP) is 3.34. The Kier molecular flexibility index (Phi) is 5.38. The number of carbonyl (C=O) groups is 1. The fraction of sp³-hybridized carbons (Fsp3) is 0.158. The molecule has 0 saturated heterocycles. The van der Waals surface area contributed by atoms with Gasteiger partial charge in [0.25, 0.3) is 5.69 Å². The smallest absolute Gasteiger partial charge is 0.330 e. The zero-order valence-corrected chi connectivity index (χ0v) is 13.8. The number of rotatable bonds is 6. The van der Waals surface area contributed by atoms with E-state index in [0.717, 1.165) is 11.3 Å². The van der Waals surface area contributed by atoms with Gasteiger partial charge >= 0.3 is 5.97 Å². The molecule has 132 valence electrons. The van der Waals surface area contributed by atoms with E-state index in [2.05, 4.69) is 5.16 Å². The van der Waals surface area contributed by atoms with Crippen LogP contribution in [0.15, 0.2) is 65.8 Å². The molecule has 7 heteroatoms. The Labute approximate surface area is 149 Å². The van der Waals surface area contributed by atoms with Crippen LogP contribution in [0.3, 0.4) is 0 Å². The first-order valence-corrected chi connectivity index (χ1v) is 7.99. The highest BCUT2D eigenvalue weighted by atomic mass is 16.7. The van der Waals surface area contributed by atoms with Crippen molar-refractivity contribution in [3.8, 4) is 0 Å². The molecule has 0 fully saturated rings. The molecule has 26 heavy (non-hydrogen) atoms. The minimum atomic E-state index is -0.514. The zero-order chi connectivity index (χ0) is 18.4. The van der Waals surface area contributed by atoms with E-state index in [4.69, 9.17) is 9.57 Å². The molecule has 0 spiro atoms. The first kappa shape index (κ1) is 17.3. The van der Waals surface area contributed by atoms with Crippen molar-refractivity contribution < 1.29 is 19.3 Å². The average molecular weight is 352 g/mol. The number of oxime groups is 1. The van der Waals surface area contributed by atoms with Crippen LogP contribution in [0.4, 0.5) is 5.69 Å². The third kappa shape index (κ3) is 4.54. The molecule has 7 nitrogen and oxygen atoms in total. The molecule has 2 aromatic rings. The Hall–Kier alpha value is -3.48. The van der Waals surface area contributed by atoms with E-state index >= 15 is 0 Å². The number of nitro groups is 1. The van der Waals surface area contributed by atoms with Crippen LogP contribution in [0.5, 0.6) is 0 Å². The number of ether oxygens (including phenoxy) is 1. The molecule has 0 amide bonds. The molecular formula is C19H16N2O5. The minimum absolute atomic E-state index is 0.00247. The van der Waals surface area contributed by atoms with E-state index in [1.165, 1.54) is 24.3 Å². The molecule has 0 aromatic heterocycles. The number of hydrogen-bond acceptors (Lipinski definition) is 6. The largest absolute Gasteiger partial charge is 0.458 e. The summed E-state index contributed by atoms with van der Waals surface area (Å²) in [6.45, 7) is 0.100. The third-order valence-electron chi connectivity index (χ3n) is 3.77. The van der Waals surface area contributed by atoms with Crippen molar-refractivity contribution in [1.82, 2.24) is 0 Å². The fourth-order valence-corrected chi connectivity index (χ4v) is 2.41. The first-order chi connectivity index (χ1) is 12.6. The second-order valence-electron chi connectivity index (χ2n) is 5.65. The maximum Gasteiger partial charge on any atom is 0.330 e. The normalized spacial score (nSPS) is 16.2. The summed E-state index contributed by atoms with van der Waals surface area (Å²) in [5.41, 5.74) is 2.48. The topological polar surface area (TPSA) is 91.0 Å². The van der Waals surface area contributed by atoms with Crippen molar-refractivity contribution in [3.05, 3.63) is 81.9 Å². The fourth-order valence-electron chi connectivity index (χ4n) is 2.41. The molecule has 3 rings (SSSR count). The minimum Gasteiger partial charge on any atom is -0.458 e. The van der Waals surface area contributed by atoms with Crippen molar-refractivity contribution >= 4 is 23.4 Å². The molecule has 0 bridgehead atoms. The maximum atomic E-state index is 11.8. The molecule has 0 aliphatic carbocycles. The lowest BCUT2D eigenvalue weighted by atomic mass is 10.1. The molecule has 0 N–H and O–H groups in total. The van der Waals surface area contributed by atoms with Gasteiger partial charge < -0.3 is 9.57 Å². The number of hydrogen-bond donors (Lipinski definition) is 0. The van der Waals surface area contributed by atoms with E-state index in [0.29, 0.717) is 12.0 Å². The SMILES string of the molecule is O=C(C=Cc1ccc([N+](=O)[O-])cc1)OCC1CC(c2ccccc2)=NO1. The van der Waals surface area contributed by atoms with Gasteiger partial charge in [0.1, 0.15) is 6.61 Å². The molecule has 1 aliphatic heterocycles. The first-order valence-electron chi connectivity index (χ1n) is 7.99. The highest BCUT2D eigenvalue weighted by molar-refractivity contribution is 6.01. The quantitative estimate of drug-likeness (QED) is 0.344. The van der Waals surface area contributed by atoms with Crippen molar-refractivity contribution in [2.75, 3.05) is 6.61 Å². The van der Waals surface area contributed by atoms with Crippen LogP contribution in [-0.2, 0) is 14.4 Å². The molecule has 1 heterocycles. The van der Waals surface area contributed by atoms with E-state index in [-0.39, 0.29) is 18.4 Å². The summed E-state index contributed by atoms with van der Waals surface area (Å²) in [6, 6.07) is 15.5. The van der Waals surface area contributed by atoms with Crippen LogP contribution < -0.4 is 0 Å². The summed E-state index contributed by atoms with van der Waals surface area (Å²) < 4.78 is 5.16. The van der Waals surface area contributed by atoms with Gasteiger partial charge in [0.2, 0.25) is 0 Å². The summed E-state index contributed by atoms with van der Waals surface area (Å²) in [5, 5.41) is 14.6. The van der Waals surface area contributed by atoms with Gasteiger partial charge in [0.15, 0.2) is 6.10 Å². The van der Waals surface area contributed by atoms with Crippen molar-refractivity contribution in [3.63, 3.8) is 0 Å². The van der Waals surface area contributed by atoms with E-state index < -0.39 is 10.9 Å². The highest BCUT2D eigenvalue weighted by Gasteiger charge is 2.23. The van der Waals surface area contributed by atoms with Gasteiger partial charge in [-0.25, -0.2) is 4.79 Å². The lowest BCUT2D eigenvalue weighted by molar-refractivity contribution is -0.384.